The Morgan fingerprint density at radius 2 is 2.16 bits per heavy atom. The first-order valence-corrected chi connectivity index (χ1v) is 8.28. The number of furan rings is 1. The zero-order valence-electron chi connectivity index (χ0n) is 11.4. The summed E-state index contributed by atoms with van der Waals surface area (Å²) in [5, 5.41) is 5.38. The minimum absolute atomic E-state index is 0.274. The molecule has 2 nitrogen and oxygen atoms in total. The van der Waals surface area contributed by atoms with Crippen molar-refractivity contribution in [3.05, 3.63) is 35.0 Å². The Morgan fingerprint density at radius 3 is 2.89 bits per heavy atom. The van der Waals surface area contributed by atoms with Crippen molar-refractivity contribution in [2.75, 3.05) is 18.1 Å². The molecule has 0 aliphatic rings. The van der Waals surface area contributed by atoms with Crippen molar-refractivity contribution in [3.63, 3.8) is 0 Å². The molecule has 1 heterocycles. The summed E-state index contributed by atoms with van der Waals surface area (Å²) >= 11 is 7.94. The van der Waals surface area contributed by atoms with E-state index in [-0.39, 0.29) is 6.04 Å². The topological polar surface area (TPSA) is 25.2 Å². The van der Waals surface area contributed by atoms with Crippen molar-refractivity contribution in [2.45, 2.75) is 26.3 Å². The lowest BCUT2D eigenvalue weighted by Gasteiger charge is -2.15. The van der Waals surface area contributed by atoms with E-state index in [1.807, 2.05) is 30.0 Å². The molecule has 19 heavy (non-hydrogen) atoms. The number of nitrogens with one attached hydrogen (secondary N) is 1. The highest BCUT2D eigenvalue weighted by atomic mass is 35.5. The lowest BCUT2D eigenvalue weighted by molar-refractivity contribution is 0.456. The summed E-state index contributed by atoms with van der Waals surface area (Å²) in [6.45, 7) is 5.36. The second-order valence-corrected chi connectivity index (χ2v) is 6.25. The number of halogens is 1. The van der Waals surface area contributed by atoms with Gasteiger partial charge in [0, 0.05) is 16.2 Å². The Balaban J connectivity index is 2.21. The van der Waals surface area contributed by atoms with Crippen LogP contribution in [0.3, 0.4) is 0 Å². The van der Waals surface area contributed by atoms with Gasteiger partial charge in [-0.2, -0.15) is 11.8 Å². The lowest BCUT2D eigenvalue weighted by Crippen LogP contribution is -2.23. The van der Waals surface area contributed by atoms with Gasteiger partial charge in [-0.3, -0.25) is 0 Å². The van der Waals surface area contributed by atoms with Crippen molar-refractivity contribution in [1.29, 1.82) is 0 Å². The molecule has 0 radical (unpaired) electrons. The van der Waals surface area contributed by atoms with Crippen LogP contribution in [0.2, 0.25) is 5.02 Å². The predicted molar refractivity (Wildman–Crippen MR) is 85.3 cm³/mol. The molecule has 0 saturated heterocycles. The third kappa shape index (κ3) is 3.91. The fraction of sp³-hybridized carbons (Fsp3) is 0.467. The van der Waals surface area contributed by atoms with Gasteiger partial charge in [-0.15, -0.1) is 0 Å². The van der Waals surface area contributed by atoms with Crippen molar-refractivity contribution in [1.82, 2.24) is 5.32 Å². The van der Waals surface area contributed by atoms with E-state index in [0.717, 1.165) is 46.2 Å². The van der Waals surface area contributed by atoms with Gasteiger partial charge >= 0.3 is 0 Å². The molecule has 104 valence electrons. The molecule has 4 heteroatoms. The van der Waals surface area contributed by atoms with Crippen LogP contribution in [0.25, 0.3) is 11.0 Å². The first kappa shape index (κ1) is 14.8. The molecule has 2 rings (SSSR count). The number of benzene rings is 1. The van der Waals surface area contributed by atoms with Gasteiger partial charge in [-0.05, 0) is 43.0 Å². The normalized spacial score (nSPS) is 13.0. The zero-order valence-corrected chi connectivity index (χ0v) is 13.0. The second kappa shape index (κ2) is 7.22. The van der Waals surface area contributed by atoms with Gasteiger partial charge in [-0.1, -0.05) is 25.4 Å². The van der Waals surface area contributed by atoms with Crippen LogP contribution in [-0.2, 0) is 0 Å². The van der Waals surface area contributed by atoms with E-state index in [4.69, 9.17) is 16.0 Å². The molecule has 1 unspecified atom stereocenters. The standard InChI is InChI=1S/C15H20ClNOS/c1-3-7-17-13(10-19-4-2)15-9-11-8-12(16)5-6-14(11)18-15/h5-6,8-9,13,17H,3-4,7,10H2,1-2H3. The molecule has 0 amide bonds. The van der Waals surface area contributed by atoms with Crippen LogP contribution in [0.15, 0.2) is 28.7 Å². The molecule has 0 fully saturated rings. The third-order valence-corrected chi connectivity index (χ3v) is 4.18. The molecule has 0 spiro atoms. The maximum atomic E-state index is 6.01. The van der Waals surface area contributed by atoms with Crippen LogP contribution in [-0.4, -0.2) is 18.1 Å². The minimum Gasteiger partial charge on any atom is -0.459 e. The Labute approximate surface area is 123 Å². The highest BCUT2D eigenvalue weighted by Gasteiger charge is 2.15. The first-order chi connectivity index (χ1) is 9.24. The van der Waals surface area contributed by atoms with Crippen LogP contribution in [0.4, 0.5) is 0 Å². The Bertz CT molecular complexity index is 518. The maximum Gasteiger partial charge on any atom is 0.134 e. The third-order valence-electron chi connectivity index (χ3n) is 2.97. The average molecular weight is 298 g/mol. The fourth-order valence-electron chi connectivity index (χ4n) is 2.00. The van der Waals surface area contributed by atoms with E-state index in [9.17, 15) is 0 Å². The smallest absolute Gasteiger partial charge is 0.134 e. The van der Waals surface area contributed by atoms with E-state index >= 15 is 0 Å². The molecule has 2 aromatic rings. The summed E-state index contributed by atoms with van der Waals surface area (Å²) in [6.07, 6.45) is 1.12. The van der Waals surface area contributed by atoms with Crippen LogP contribution in [0.1, 0.15) is 32.1 Å². The lowest BCUT2D eigenvalue weighted by atomic mass is 10.2. The van der Waals surface area contributed by atoms with Crippen molar-refractivity contribution < 1.29 is 4.42 Å². The van der Waals surface area contributed by atoms with E-state index in [1.54, 1.807) is 0 Å². The van der Waals surface area contributed by atoms with E-state index in [0.29, 0.717) is 0 Å². The Morgan fingerprint density at radius 1 is 1.32 bits per heavy atom. The number of hydrogen-bond acceptors (Lipinski definition) is 3. The SMILES string of the molecule is CCCNC(CSCC)c1cc2cc(Cl)ccc2o1. The summed E-state index contributed by atoms with van der Waals surface area (Å²) in [5.74, 6) is 3.16. The zero-order chi connectivity index (χ0) is 13.7. The van der Waals surface area contributed by atoms with Gasteiger partial charge in [-0.25, -0.2) is 0 Å². The Kier molecular flexibility index (Phi) is 5.61. The van der Waals surface area contributed by atoms with Gasteiger partial charge in [0.25, 0.3) is 0 Å². The van der Waals surface area contributed by atoms with E-state index < -0.39 is 0 Å². The average Bonchev–Trinajstić information content (AvgIpc) is 2.81. The molecular weight excluding hydrogens is 278 g/mol. The highest BCUT2D eigenvalue weighted by molar-refractivity contribution is 7.99. The van der Waals surface area contributed by atoms with Gasteiger partial charge in [0.1, 0.15) is 11.3 Å². The largest absolute Gasteiger partial charge is 0.459 e. The van der Waals surface area contributed by atoms with Crippen LogP contribution >= 0.6 is 23.4 Å². The highest BCUT2D eigenvalue weighted by Crippen LogP contribution is 2.28. The van der Waals surface area contributed by atoms with E-state index in [2.05, 4.69) is 25.2 Å². The summed E-state index contributed by atoms with van der Waals surface area (Å²) in [6, 6.07) is 8.13. The quantitative estimate of drug-likeness (QED) is 0.788. The molecule has 1 aromatic heterocycles. The molecule has 0 saturated carbocycles. The van der Waals surface area contributed by atoms with Crippen LogP contribution in [0, 0.1) is 0 Å². The first-order valence-electron chi connectivity index (χ1n) is 6.74. The predicted octanol–water partition coefficient (Wildman–Crippen LogP) is 4.88. The minimum atomic E-state index is 0.274. The monoisotopic (exact) mass is 297 g/mol. The van der Waals surface area contributed by atoms with Gasteiger partial charge in [0.05, 0.1) is 6.04 Å². The maximum absolute atomic E-state index is 6.01. The Hall–Kier alpha value is -0.640. The van der Waals surface area contributed by atoms with E-state index in [1.165, 1.54) is 0 Å². The van der Waals surface area contributed by atoms with Gasteiger partial charge in [0.15, 0.2) is 0 Å². The summed E-state index contributed by atoms with van der Waals surface area (Å²) < 4.78 is 5.94. The second-order valence-electron chi connectivity index (χ2n) is 4.50. The van der Waals surface area contributed by atoms with Crippen molar-refractivity contribution >= 4 is 34.3 Å². The van der Waals surface area contributed by atoms with Crippen LogP contribution in [0.5, 0.6) is 0 Å². The summed E-state index contributed by atoms with van der Waals surface area (Å²) in [7, 11) is 0. The molecule has 1 N–H and O–H groups in total. The molecule has 1 atom stereocenters. The molecule has 0 aliphatic heterocycles. The molecular formula is C15H20ClNOS. The van der Waals surface area contributed by atoms with Crippen molar-refractivity contribution in [3.8, 4) is 0 Å². The molecule has 1 aromatic carbocycles. The number of rotatable bonds is 7. The van der Waals surface area contributed by atoms with Gasteiger partial charge < -0.3 is 9.73 Å². The number of hydrogen-bond donors (Lipinski definition) is 1. The number of thioether (sulfide) groups is 1. The number of fused-ring (bicyclic) bond motifs is 1. The summed E-state index contributed by atoms with van der Waals surface area (Å²) in [4.78, 5) is 0. The molecule has 0 aliphatic carbocycles. The van der Waals surface area contributed by atoms with Crippen LogP contribution < -0.4 is 5.32 Å². The van der Waals surface area contributed by atoms with Crippen molar-refractivity contribution in [2.24, 2.45) is 0 Å². The van der Waals surface area contributed by atoms with Gasteiger partial charge in [0.2, 0.25) is 0 Å². The fourth-order valence-corrected chi connectivity index (χ4v) is 2.94. The molecule has 0 bridgehead atoms. The summed E-state index contributed by atoms with van der Waals surface area (Å²) in [5.41, 5.74) is 0.907.